The first-order valence-corrected chi connectivity index (χ1v) is 4.91. The van der Waals surface area contributed by atoms with Crippen LogP contribution in [0.1, 0.15) is 34.6 Å². The molecule has 1 aliphatic rings. The topological polar surface area (TPSA) is 36.1 Å². The van der Waals surface area contributed by atoms with Crippen molar-refractivity contribution < 1.29 is 0 Å². The standard InChI is InChI=1S/C6H11N3.2C2H6/c1-5-3-4-6(7-2)9-8-5;2*1-2/h3-4,7-9H,1-2H3;2*1-2H3. The van der Waals surface area contributed by atoms with Crippen molar-refractivity contribution in [3.8, 4) is 0 Å². The largest absolute Gasteiger partial charge is 0.374 e. The lowest BCUT2D eigenvalue weighted by molar-refractivity contribution is 0.634. The fraction of sp³-hybridized carbons (Fsp3) is 0.600. The van der Waals surface area contributed by atoms with Crippen molar-refractivity contribution in [2.75, 3.05) is 7.05 Å². The minimum Gasteiger partial charge on any atom is -0.374 e. The normalized spacial score (nSPS) is 12.5. The molecule has 78 valence electrons. The van der Waals surface area contributed by atoms with E-state index >= 15 is 0 Å². The highest BCUT2D eigenvalue weighted by Gasteiger charge is 1.94. The molecule has 0 unspecified atom stereocenters. The van der Waals surface area contributed by atoms with Gasteiger partial charge in [-0.15, -0.1) is 0 Å². The Bertz CT molecular complexity index is 160. The van der Waals surface area contributed by atoms with Crippen LogP contribution < -0.4 is 16.2 Å². The van der Waals surface area contributed by atoms with E-state index in [4.69, 9.17) is 0 Å². The zero-order valence-corrected chi connectivity index (χ0v) is 9.65. The van der Waals surface area contributed by atoms with Gasteiger partial charge in [0.15, 0.2) is 0 Å². The molecule has 0 amide bonds. The molecular formula is C10H23N3. The van der Waals surface area contributed by atoms with E-state index in [9.17, 15) is 0 Å². The maximum Gasteiger partial charge on any atom is 0.117 e. The Kier molecular flexibility index (Phi) is 12.1. The number of rotatable bonds is 1. The van der Waals surface area contributed by atoms with E-state index in [-0.39, 0.29) is 0 Å². The van der Waals surface area contributed by atoms with Crippen molar-refractivity contribution in [3.05, 3.63) is 23.7 Å². The molecule has 0 fully saturated rings. The number of nitrogens with one attached hydrogen (secondary N) is 3. The maximum absolute atomic E-state index is 2.97. The molecule has 3 nitrogen and oxygen atoms in total. The zero-order chi connectivity index (χ0) is 10.7. The van der Waals surface area contributed by atoms with Gasteiger partial charge < -0.3 is 10.7 Å². The van der Waals surface area contributed by atoms with Gasteiger partial charge in [-0.2, -0.15) is 0 Å². The predicted molar refractivity (Wildman–Crippen MR) is 59.9 cm³/mol. The maximum atomic E-state index is 2.97. The highest BCUT2D eigenvalue weighted by Crippen LogP contribution is 1.93. The molecule has 0 aromatic carbocycles. The van der Waals surface area contributed by atoms with Crippen LogP contribution in [-0.2, 0) is 0 Å². The van der Waals surface area contributed by atoms with Crippen LogP contribution in [0.15, 0.2) is 23.7 Å². The molecule has 13 heavy (non-hydrogen) atoms. The third-order valence-corrected chi connectivity index (χ3v) is 1.16. The summed E-state index contributed by atoms with van der Waals surface area (Å²) in [5.74, 6) is 0.987. The molecule has 0 aliphatic carbocycles. The smallest absolute Gasteiger partial charge is 0.117 e. The average molecular weight is 185 g/mol. The van der Waals surface area contributed by atoms with Crippen LogP contribution in [0.3, 0.4) is 0 Å². The summed E-state index contributed by atoms with van der Waals surface area (Å²) < 4.78 is 0. The minimum absolute atomic E-state index is 0.987. The Labute approximate surface area is 82.3 Å². The van der Waals surface area contributed by atoms with Gasteiger partial charge in [-0.3, -0.25) is 5.43 Å². The highest BCUT2D eigenvalue weighted by atomic mass is 15.4. The van der Waals surface area contributed by atoms with Crippen LogP contribution in [0.2, 0.25) is 0 Å². The van der Waals surface area contributed by atoms with Gasteiger partial charge in [-0.05, 0) is 19.1 Å². The SMILES string of the molecule is CC.CC.CNC1=CC=C(C)NN1. The Morgan fingerprint density at radius 1 is 1.00 bits per heavy atom. The van der Waals surface area contributed by atoms with Crippen LogP contribution in [-0.4, -0.2) is 7.05 Å². The molecule has 0 atom stereocenters. The lowest BCUT2D eigenvalue weighted by atomic mass is 10.4. The van der Waals surface area contributed by atoms with Crippen molar-refractivity contribution in [2.24, 2.45) is 0 Å². The monoisotopic (exact) mass is 185 g/mol. The molecule has 0 saturated carbocycles. The first-order valence-electron chi connectivity index (χ1n) is 4.91. The Hall–Kier alpha value is -1.12. The van der Waals surface area contributed by atoms with E-state index in [2.05, 4.69) is 16.2 Å². The Morgan fingerprint density at radius 3 is 1.85 bits per heavy atom. The third kappa shape index (κ3) is 7.25. The third-order valence-electron chi connectivity index (χ3n) is 1.16. The molecule has 0 aromatic rings. The van der Waals surface area contributed by atoms with Gasteiger partial charge in [0.1, 0.15) is 5.82 Å². The number of hydrogen-bond acceptors (Lipinski definition) is 3. The quantitative estimate of drug-likeness (QED) is 0.585. The summed E-state index contributed by atoms with van der Waals surface area (Å²) in [5, 5.41) is 2.97. The van der Waals surface area contributed by atoms with E-state index < -0.39 is 0 Å². The summed E-state index contributed by atoms with van der Waals surface area (Å²) in [6.45, 7) is 10.00. The molecule has 0 saturated heterocycles. The van der Waals surface area contributed by atoms with Crippen LogP contribution in [0.4, 0.5) is 0 Å². The van der Waals surface area contributed by atoms with Crippen LogP contribution in [0.5, 0.6) is 0 Å². The molecule has 3 N–H and O–H groups in total. The molecule has 0 aromatic heterocycles. The lowest BCUT2D eigenvalue weighted by Crippen LogP contribution is -2.36. The van der Waals surface area contributed by atoms with E-state index in [1.54, 1.807) is 0 Å². The zero-order valence-electron chi connectivity index (χ0n) is 9.65. The van der Waals surface area contributed by atoms with Gasteiger partial charge in [0.05, 0.1) is 0 Å². The van der Waals surface area contributed by atoms with Gasteiger partial charge in [-0.1, -0.05) is 27.7 Å². The van der Waals surface area contributed by atoms with E-state index in [1.165, 1.54) is 0 Å². The summed E-state index contributed by atoms with van der Waals surface area (Å²) in [5.41, 5.74) is 7.03. The second-order valence-corrected chi connectivity index (χ2v) is 1.93. The molecule has 1 aliphatic heterocycles. The highest BCUT2D eigenvalue weighted by molar-refractivity contribution is 5.17. The molecule has 3 heteroatoms. The second kappa shape index (κ2) is 10.9. The number of allylic oxidation sites excluding steroid dienone is 3. The van der Waals surface area contributed by atoms with Gasteiger partial charge in [-0.25, -0.2) is 0 Å². The van der Waals surface area contributed by atoms with Gasteiger partial charge in [0.2, 0.25) is 0 Å². The first-order chi connectivity index (χ1) is 6.33. The Morgan fingerprint density at radius 2 is 1.54 bits per heavy atom. The molecular weight excluding hydrogens is 162 g/mol. The van der Waals surface area contributed by atoms with E-state index in [0.717, 1.165) is 11.5 Å². The first kappa shape index (κ1) is 14.4. The molecule has 1 heterocycles. The van der Waals surface area contributed by atoms with Crippen LogP contribution in [0.25, 0.3) is 0 Å². The van der Waals surface area contributed by atoms with Crippen LogP contribution in [0, 0.1) is 0 Å². The summed E-state index contributed by atoms with van der Waals surface area (Å²) in [4.78, 5) is 0. The average Bonchev–Trinajstić information content (AvgIpc) is 2.25. The lowest BCUT2D eigenvalue weighted by Gasteiger charge is -2.15. The summed E-state index contributed by atoms with van der Waals surface area (Å²) >= 11 is 0. The van der Waals surface area contributed by atoms with Crippen molar-refractivity contribution in [1.29, 1.82) is 0 Å². The second-order valence-electron chi connectivity index (χ2n) is 1.93. The number of hydrogen-bond donors (Lipinski definition) is 3. The van der Waals surface area contributed by atoms with Crippen molar-refractivity contribution in [3.63, 3.8) is 0 Å². The van der Waals surface area contributed by atoms with Gasteiger partial charge >= 0.3 is 0 Å². The predicted octanol–water partition coefficient (Wildman–Crippen LogP) is 2.11. The summed E-state index contributed by atoms with van der Waals surface area (Å²) in [7, 11) is 1.87. The van der Waals surface area contributed by atoms with Crippen molar-refractivity contribution in [2.45, 2.75) is 34.6 Å². The summed E-state index contributed by atoms with van der Waals surface area (Å²) in [6.07, 6.45) is 3.98. The van der Waals surface area contributed by atoms with E-state index in [1.807, 2.05) is 53.8 Å². The fourth-order valence-electron chi connectivity index (χ4n) is 0.603. The molecule has 0 radical (unpaired) electrons. The van der Waals surface area contributed by atoms with Gasteiger partial charge in [0, 0.05) is 12.7 Å². The fourth-order valence-corrected chi connectivity index (χ4v) is 0.603. The van der Waals surface area contributed by atoms with Crippen molar-refractivity contribution >= 4 is 0 Å². The minimum atomic E-state index is 0.987. The molecule has 0 bridgehead atoms. The summed E-state index contributed by atoms with van der Waals surface area (Å²) in [6, 6.07) is 0. The van der Waals surface area contributed by atoms with E-state index in [0.29, 0.717) is 0 Å². The Balaban J connectivity index is 0. The van der Waals surface area contributed by atoms with Gasteiger partial charge in [0.25, 0.3) is 0 Å². The van der Waals surface area contributed by atoms with Crippen molar-refractivity contribution in [1.82, 2.24) is 16.2 Å². The molecule has 1 rings (SSSR count). The number of hydrazine groups is 1. The molecule has 0 spiro atoms. The van der Waals surface area contributed by atoms with Crippen LogP contribution >= 0.6 is 0 Å².